The molecule has 4 nitrogen and oxygen atoms in total. The molecule has 0 aliphatic heterocycles. The van der Waals surface area contributed by atoms with Crippen LogP contribution in [0.5, 0.6) is 0 Å². The van der Waals surface area contributed by atoms with Crippen molar-refractivity contribution in [2.75, 3.05) is 0 Å². The molecule has 0 saturated carbocycles. The lowest BCUT2D eigenvalue weighted by Crippen LogP contribution is -2.13. The summed E-state index contributed by atoms with van der Waals surface area (Å²) in [4.78, 5) is 16.6. The predicted octanol–water partition coefficient (Wildman–Crippen LogP) is 4.71. The minimum atomic E-state index is -2.76. The first kappa shape index (κ1) is 17.1. The molecule has 3 aromatic rings. The molecule has 3 rings (SSSR count). The maximum Gasteiger partial charge on any atom is 0.339 e. The molecule has 0 atom stereocenters. The van der Waals surface area contributed by atoms with Crippen LogP contribution in [0.15, 0.2) is 36.4 Å². The monoisotopic (exact) mass is 344 g/mol. The summed E-state index contributed by atoms with van der Waals surface area (Å²) < 4.78 is 32.9. The quantitative estimate of drug-likeness (QED) is 0.644. The zero-order valence-electron chi connectivity index (χ0n) is 14.2. The van der Waals surface area contributed by atoms with Crippen molar-refractivity contribution < 1.29 is 18.3 Å². The lowest BCUT2D eigenvalue weighted by molar-refractivity contribution is 0.0386. The lowest BCUT2D eigenvalue weighted by atomic mass is 10.00. The van der Waals surface area contributed by atoms with Gasteiger partial charge in [-0.05, 0) is 44.0 Å². The Balaban J connectivity index is 1.88. The lowest BCUT2D eigenvalue weighted by Gasteiger charge is -2.12. The molecule has 2 aromatic carbocycles. The van der Waals surface area contributed by atoms with E-state index >= 15 is 0 Å². The van der Waals surface area contributed by atoms with Crippen LogP contribution >= 0.6 is 0 Å². The van der Waals surface area contributed by atoms with E-state index in [9.17, 15) is 13.6 Å². The Labute approximate surface area is 144 Å². The van der Waals surface area contributed by atoms with Crippen LogP contribution < -0.4 is 0 Å². The van der Waals surface area contributed by atoms with Crippen LogP contribution in [0.2, 0.25) is 0 Å². The molecular weight excluding hydrogens is 326 g/mol. The van der Waals surface area contributed by atoms with Gasteiger partial charge in [-0.15, -0.1) is 0 Å². The molecule has 0 saturated heterocycles. The normalized spacial score (nSPS) is 11.3. The minimum absolute atomic E-state index is 0.0203. The Hall–Kier alpha value is -2.76. The average Bonchev–Trinajstić information content (AvgIpc) is 2.90. The van der Waals surface area contributed by atoms with Gasteiger partial charge in [0.05, 0.1) is 16.6 Å². The van der Waals surface area contributed by atoms with Crippen molar-refractivity contribution in [1.82, 2.24) is 9.55 Å². The molecule has 6 heteroatoms. The van der Waals surface area contributed by atoms with E-state index in [0.717, 1.165) is 21.3 Å². The number of alkyl halides is 2. The van der Waals surface area contributed by atoms with Crippen LogP contribution in [-0.2, 0) is 11.3 Å². The topological polar surface area (TPSA) is 44.1 Å². The van der Waals surface area contributed by atoms with Crippen molar-refractivity contribution in [2.45, 2.75) is 33.9 Å². The van der Waals surface area contributed by atoms with E-state index in [4.69, 9.17) is 4.74 Å². The van der Waals surface area contributed by atoms with Crippen molar-refractivity contribution in [3.63, 3.8) is 0 Å². The number of rotatable bonds is 4. The van der Waals surface area contributed by atoms with Crippen molar-refractivity contribution in [2.24, 2.45) is 0 Å². The van der Waals surface area contributed by atoms with Gasteiger partial charge in [0.2, 0.25) is 0 Å². The van der Waals surface area contributed by atoms with Gasteiger partial charge in [-0.1, -0.05) is 29.8 Å². The third-order valence-corrected chi connectivity index (χ3v) is 4.08. The number of hydrogen-bond acceptors (Lipinski definition) is 3. The fourth-order valence-electron chi connectivity index (χ4n) is 3.12. The predicted molar refractivity (Wildman–Crippen MR) is 90.8 cm³/mol. The van der Waals surface area contributed by atoms with Crippen LogP contribution in [0.25, 0.3) is 11.0 Å². The number of aromatic nitrogens is 2. The summed E-state index contributed by atoms with van der Waals surface area (Å²) in [5, 5.41) is 0. The molecule has 130 valence electrons. The summed E-state index contributed by atoms with van der Waals surface area (Å²) in [5.74, 6) is -0.519. The number of fused-ring (bicyclic) bond motifs is 1. The molecule has 0 aliphatic rings. The third-order valence-electron chi connectivity index (χ3n) is 4.08. The Morgan fingerprint density at radius 2 is 1.80 bits per heavy atom. The Kier molecular flexibility index (Phi) is 4.53. The van der Waals surface area contributed by atoms with Crippen LogP contribution in [0.3, 0.4) is 0 Å². The number of esters is 1. The van der Waals surface area contributed by atoms with Crippen LogP contribution in [-0.4, -0.2) is 15.5 Å². The van der Waals surface area contributed by atoms with Crippen LogP contribution in [0, 0.1) is 20.8 Å². The zero-order chi connectivity index (χ0) is 18.1. The first-order valence-electron chi connectivity index (χ1n) is 7.87. The number of para-hydroxylation sites is 2. The standard InChI is InChI=1S/C19H18F2N2O2/c1-11-8-12(2)17(13(3)9-11)18(24)25-10-16-22-14-6-4-5-7-15(14)23(16)19(20)21/h4-9,19H,10H2,1-3H3. The number of imidazole rings is 1. The highest BCUT2D eigenvalue weighted by Crippen LogP contribution is 2.24. The molecule has 0 spiro atoms. The maximum absolute atomic E-state index is 13.4. The number of ether oxygens (including phenoxy) is 1. The average molecular weight is 344 g/mol. The van der Waals surface area contributed by atoms with Crippen molar-refractivity contribution in [3.8, 4) is 0 Å². The highest BCUT2D eigenvalue weighted by molar-refractivity contribution is 5.92. The summed E-state index contributed by atoms with van der Waals surface area (Å²) in [6.45, 7) is 2.52. The molecule has 0 N–H and O–H groups in total. The SMILES string of the molecule is Cc1cc(C)c(C(=O)OCc2nc3ccccc3n2C(F)F)c(C)c1. The number of aryl methyl sites for hydroxylation is 3. The molecule has 0 unspecified atom stereocenters. The Morgan fingerprint density at radius 1 is 1.16 bits per heavy atom. The highest BCUT2D eigenvalue weighted by atomic mass is 19.3. The van der Waals surface area contributed by atoms with E-state index in [2.05, 4.69) is 4.98 Å². The number of carbonyl (C=O) groups excluding carboxylic acids is 1. The second kappa shape index (κ2) is 6.63. The summed E-state index contributed by atoms with van der Waals surface area (Å²) in [7, 11) is 0. The molecule has 0 amide bonds. The van der Waals surface area contributed by atoms with Crippen molar-refractivity contribution in [1.29, 1.82) is 0 Å². The number of benzene rings is 2. The van der Waals surface area contributed by atoms with Gasteiger partial charge in [0.25, 0.3) is 0 Å². The molecule has 1 heterocycles. The fraction of sp³-hybridized carbons (Fsp3) is 0.263. The van der Waals surface area contributed by atoms with Gasteiger partial charge in [-0.3, -0.25) is 4.57 Å². The molecule has 1 aromatic heterocycles. The number of carbonyl (C=O) groups is 1. The molecule has 0 fully saturated rings. The zero-order valence-corrected chi connectivity index (χ0v) is 14.2. The molecule has 0 radical (unpaired) electrons. The fourth-order valence-corrected chi connectivity index (χ4v) is 3.12. The van der Waals surface area contributed by atoms with E-state index in [0.29, 0.717) is 16.6 Å². The van der Waals surface area contributed by atoms with E-state index in [1.165, 1.54) is 0 Å². The molecule has 25 heavy (non-hydrogen) atoms. The Morgan fingerprint density at radius 3 is 2.44 bits per heavy atom. The largest absolute Gasteiger partial charge is 0.454 e. The smallest absolute Gasteiger partial charge is 0.339 e. The minimum Gasteiger partial charge on any atom is -0.454 e. The third kappa shape index (κ3) is 3.24. The molecule has 0 aliphatic carbocycles. The number of nitrogens with zero attached hydrogens (tertiary/aromatic N) is 2. The van der Waals surface area contributed by atoms with Gasteiger partial charge in [0.15, 0.2) is 5.82 Å². The van der Waals surface area contributed by atoms with Crippen LogP contribution in [0.4, 0.5) is 8.78 Å². The van der Waals surface area contributed by atoms with Crippen LogP contribution in [0.1, 0.15) is 39.4 Å². The summed E-state index contributed by atoms with van der Waals surface area (Å²) in [6.07, 6.45) is 0. The van der Waals surface area contributed by atoms with Crippen molar-refractivity contribution >= 4 is 17.0 Å². The van der Waals surface area contributed by atoms with Gasteiger partial charge in [0, 0.05) is 0 Å². The van der Waals surface area contributed by atoms with Gasteiger partial charge in [0.1, 0.15) is 6.61 Å². The number of halogens is 2. The Bertz CT molecular complexity index is 925. The maximum atomic E-state index is 13.4. The van der Waals surface area contributed by atoms with E-state index < -0.39 is 12.5 Å². The van der Waals surface area contributed by atoms with E-state index in [-0.39, 0.29) is 12.4 Å². The molecular formula is C19H18F2N2O2. The van der Waals surface area contributed by atoms with E-state index in [1.807, 2.05) is 32.9 Å². The van der Waals surface area contributed by atoms with Gasteiger partial charge in [-0.25, -0.2) is 9.78 Å². The van der Waals surface area contributed by atoms with Crippen molar-refractivity contribution in [3.05, 3.63) is 64.5 Å². The van der Waals surface area contributed by atoms with Gasteiger partial charge < -0.3 is 4.74 Å². The summed E-state index contributed by atoms with van der Waals surface area (Å²) in [6, 6.07) is 10.4. The first-order chi connectivity index (χ1) is 11.9. The van der Waals surface area contributed by atoms with E-state index in [1.54, 1.807) is 24.3 Å². The van der Waals surface area contributed by atoms with Gasteiger partial charge >= 0.3 is 12.5 Å². The summed E-state index contributed by atoms with van der Waals surface area (Å²) in [5.41, 5.74) is 3.86. The van der Waals surface area contributed by atoms with Gasteiger partial charge in [-0.2, -0.15) is 8.78 Å². The molecule has 0 bridgehead atoms. The second-order valence-corrected chi connectivity index (χ2v) is 6.01. The first-order valence-corrected chi connectivity index (χ1v) is 7.87. The summed E-state index contributed by atoms with van der Waals surface area (Å²) >= 11 is 0. The second-order valence-electron chi connectivity index (χ2n) is 6.01. The number of hydrogen-bond donors (Lipinski definition) is 0. The highest BCUT2D eigenvalue weighted by Gasteiger charge is 2.20.